The van der Waals surface area contributed by atoms with Crippen molar-refractivity contribution in [2.75, 3.05) is 0 Å². The van der Waals surface area contributed by atoms with Crippen LogP contribution in [0.5, 0.6) is 0 Å². The number of benzene rings is 3. The summed E-state index contributed by atoms with van der Waals surface area (Å²) in [6.07, 6.45) is 4.44. The van der Waals surface area contributed by atoms with Crippen molar-refractivity contribution in [1.82, 2.24) is 0 Å². The van der Waals surface area contributed by atoms with Crippen molar-refractivity contribution in [3.63, 3.8) is 0 Å². The predicted octanol–water partition coefficient (Wildman–Crippen LogP) is 5.87. The van der Waals surface area contributed by atoms with Crippen molar-refractivity contribution >= 4 is 44.1 Å². The van der Waals surface area contributed by atoms with E-state index in [1.54, 1.807) is 0 Å². The monoisotopic (exact) mass is 358 g/mol. The fourth-order valence-electron chi connectivity index (χ4n) is 2.55. The molecule has 19 heavy (non-hydrogen) atoms. The van der Waals surface area contributed by atoms with Crippen LogP contribution in [0.4, 0.5) is 0 Å². The lowest BCUT2D eigenvalue weighted by Crippen LogP contribution is -1.86. The van der Waals surface area contributed by atoms with Gasteiger partial charge in [-0.15, -0.1) is 0 Å². The summed E-state index contributed by atoms with van der Waals surface area (Å²) in [6, 6.07) is 19.8. The Balaban J connectivity index is 2.14. The summed E-state index contributed by atoms with van der Waals surface area (Å²) in [5.41, 5.74) is 1.44. The third-order valence-electron chi connectivity index (χ3n) is 3.51. The zero-order chi connectivity index (χ0) is 13.1. The van der Waals surface area contributed by atoms with Crippen molar-refractivity contribution in [2.45, 2.75) is 12.8 Å². The number of fused-ring (bicyclic) bond motifs is 2. The Kier molecular flexibility index (Phi) is 3.83. The lowest BCUT2D eigenvalue weighted by Gasteiger charge is -2.07. The van der Waals surface area contributed by atoms with Crippen LogP contribution >= 0.6 is 22.6 Å². The second-order valence-electron chi connectivity index (χ2n) is 4.74. The van der Waals surface area contributed by atoms with Gasteiger partial charge in [0, 0.05) is 0 Å². The maximum absolute atomic E-state index is 2.33. The molecule has 0 radical (unpaired) electrons. The third-order valence-corrected chi connectivity index (χ3v) is 4.01. The molecule has 0 aliphatic carbocycles. The second-order valence-corrected chi connectivity index (χ2v) is 5.46. The molecule has 0 fully saturated rings. The maximum Gasteiger partial charge on any atom is -0.0145 e. The molecule has 0 atom stereocenters. The Morgan fingerprint density at radius 3 is 2.37 bits per heavy atom. The molecule has 0 saturated heterocycles. The first-order chi connectivity index (χ1) is 9.38. The summed E-state index contributed by atoms with van der Waals surface area (Å²) in [5, 5.41) is 5.38. The molecule has 3 rings (SSSR count). The van der Waals surface area contributed by atoms with E-state index in [9.17, 15) is 0 Å². The van der Waals surface area contributed by atoms with E-state index in [0.29, 0.717) is 0 Å². The molecule has 0 aliphatic rings. The van der Waals surface area contributed by atoms with Gasteiger partial charge in [0.05, 0.1) is 0 Å². The summed E-state index contributed by atoms with van der Waals surface area (Å²) in [7, 11) is 0. The molecule has 0 aromatic heterocycles. The lowest BCUT2D eigenvalue weighted by molar-refractivity contribution is 1.02. The molecule has 0 amide bonds. The Bertz CT molecular complexity index is 741. The molecule has 1 heteroatoms. The highest BCUT2D eigenvalue weighted by Gasteiger charge is 2.02. The number of hydrogen-bond acceptors (Lipinski definition) is 0. The Morgan fingerprint density at radius 2 is 1.58 bits per heavy atom. The van der Waals surface area contributed by atoms with Crippen LogP contribution in [0.2, 0.25) is 0 Å². The number of rotatable bonds is 3. The molecule has 3 aromatic carbocycles. The molecular weight excluding hydrogens is 343 g/mol. The minimum absolute atomic E-state index is 1.11. The van der Waals surface area contributed by atoms with E-state index in [1.807, 2.05) is 0 Å². The van der Waals surface area contributed by atoms with Gasteiger partial charge in [-0.2, -0.15) is 0 Å². The molecule has 94 valence electrons. The largest absolute Gasteiger partial charge is 0.0781 e. The Labute approximate surface area is 127 Å². The summed E-state index contributed by atoms with van der Waals surface area (Å²) >= 11 is 2.28. The Morgan fingerprint density at radius 1 is 0.842 bits per heavy atom. The molecular formula is C18H15I. The highest BCUT2D eigenvalue weighted by molar-refractivity contribution is 14.1. The second kappa shape index (κ2) is 5.74. The molecule has 0 aliphatic heterocycles. The number of aryl methyl sites for hydroxylation is 1. The highest BCUT2D eigenvalue weighted by atomic mass is 127. The van der Waals surface area contributed by atoms with Gasteiger partial charge in [0.2, 0.25) is 0 Å². The molecule has 0 nitrogen and oxygen atoms in total. The quantitative estimate of drug-likeness (QED) is 0.406. The number of allylic oxidation sites excluding steroid dienone is 1. The highest BCUT2D eigenvalue weighted by Crippen LogP contribution is 2.26. The predicted molar refractivity (Wildman–Crippen MR) is 92.9 cm³/mol. The number of halogens is 1. The first kappa shape index (κ1) is 12.7. The van der Waals surface area contributed by atoms with E-state index in [2.05, 4.69) is 87.3 Å². The molecule has 0 heterocycles. The van der Waals surface area contributed by atoms with E-state index < -0.39 is 0 Å². The third kappa shape index (κ3) is 2.66. The summed E-state index contributed by atoms with van der Waals surface area (Å²) in [5.74, 6) is 0. The standard InChI is InChI=1S/C18H15I/c19-11-4-3-6-14-9-5-10-17-12-15-7-1-2-8-16(15)13-18(14)17/h1-2,4-5,7-13H,3,6H2. The maximum atomic E-state index is 2.33. The van der Waals surface area contributed by atoms with Crippen LogP contribution in [0.15, 0.2) is 64.8 Å². The topological polar surface area (TPSA) is 0 Å². The van der Waals surface area contributed by atoms with Gasteiger partial charge >= 0.3 is 0 Å². The van der Waals surface area contributed by atoms with Gasteiger partial charge in [-0.05, 0) is 56.2 Å². The van der Waals surface area contributed by atoms with Gasteiger partial charge in [-0.3, -0.25) is 0 Å². The van der Waals surface area contributed by atoms with Crippen LogP contribution in [-0.4, -0.2) is 0 Å². The van der Waals surface area contributed by atoms with Crippen molar-refractivity contribution in [2.24, 2.45) is 0 Å². The minimum atomic E-state index is 1.11. The zero-order valence-corrected chi connectivity index (χ0v) is 12.8. The van der Waals surface area contributed by atoms with Crippen molar-refractivity contribution in [1.29, 1.82) is 0 Å². The molecule has 3 aromatic rings. The summed E-state index contributed by atoms with van der Waals surface area (Å²) < 4.78 is 2.10. The van der Waals surface area contributed by atoms with E-state index in [4.69, 9.17) is 0 Å². The van der Waals surface area contributed by atoms with Gasteiger partial charge in [0.1, 0.15) is 0 Å². The van der Waals surface area contributed by atoms with Crippen LogP contribution in [-0.2, 0) is 6.42 Å². The van der Waals surface area contributed by atoms with Crippen LogP contribution in [0.25, 0.3) is 21.5 Å². The number of hydrogen-bond donors (Lipinski definition) is 0. The average molecular weight is 358 g/mol. The first-order valence-corrected chi connectivity index (χ1v) is 7.79. The fourth-order valence-corrected chi connectivity index (χ4v) is 2.91. The lowest BCUT2D eigenvalue weighted by atomic mass is 9.97. The van der Waals surface area contributed by atoms with Crippen molar-refractivity contribution in [3.05, 3.63) is 70.3 Å². The van der Waals surface area contributed by atoms with Gasteiger partial charge in [0.25, 0.3) is 0 Å². The van der Waals surface area contributed by atoms with E-state index in [-0.39, 0.29) is 0 Å². The normalized spacial score (nSPS) is 11.6. The van der Waals surface area contributed by atoms with Crippen LogP contribution < -0.4 is 0 Å². The molecule has 0 spiro atoms. The zero-order valence-electron chi connectivity index (χ0n) is 10.6. The van der Waals surface area contributed by atoms with Crippen LogP contribution in [0.3, 0.4) is 0 Å². The van der Waals surface area contributed by atoms with Crippen molar-refractivity contribution < 1.29 is 0 Å². The van der Waals surface area contributed by atoms with Crippen LogP contribution in [0, 0.1) is 0 Å². The molecule has 0 saturated carbocycles. The van der Waals surface area contributed by atoms with Gasteiger partial charge in [-0.1, -0.05) is 71.1 Å². The summed E-state index contributed by atoms with van der Waals surface area (Å²) in [4.78, 5) is 0. The van der Waals surface area contributed by atoms with E-state index in [1.165, 1.54) is 27.1 Å². The van der Waals surface area contributed by atoms with E-state index >= 15 is 0 Å². The van der Waals surface area contributed by atoms with Gasteiger partial charge in [0.15, 0.2) is 0 Å². The minimum Gasteiger partial charge on any atom is -0.0781 e. The van der Waals surface area contributed by atoms with Crippen LogP contribution in [0.1, 0.15) is 12.0 Å². The fraction of sp³-hybridized carbons (Fsp3) is 0.111. The van der Waals surface area contributed by atoms with Gasteiger partial charge in [-0.25, -0.2) is 0 Å². The smallest absolute Gasteiger partial charge is 0.0145 e. The van der Waals surface area contributed by atoms with Crippen molar-refractivity contribution in [3.8, 4) is 0 Å². The molecule has 0 unspecified atom stereocenters. The first-order valence-electron chi connectivity index (χ1n) is 6.54. The summed E-state index contributed by atoms with van der Waals surface area (Å²) in [6.45, 7) is 0. The molecule has 0 N–H and O–H groups in total. The molecule has 0 bridgehead atoms. The SMILES string of the molecule is IC=CCCc1cccc2cc3ccccc3cc12. The van der Waals surface area contributed by atoms with Gasteiger partial charge < -0.3 is 0 Å². The average Bonchev–Trinajstić information content (AvgIpc) is 2.46. The van der Waals surface area contributed by atoms with E-state index in [0.717, 1.165) is 12.8 Å². The Hall–Kier alpha value is -1.35.